The number of carbonyl (C=O) groups excluding carboxylic acids is 1. The molecule has 1 heterocycles. The van der Waals surface area contributed by atoms with Crippen LogP contribution in [0.2, 0.25) is 0 Å². The van der Waals surface area contributed by atoms with Crippen LogP contribution in [-0.4, -0.2) is 22.6 Å². The minimum atomic E-state index is -0.879. The monoisotopic (exact) mass is 184 g/mol. The van der Waals surface area contributed by atoms with Crippen LogP contribution in [0.3, 0.4) is 0 Å². The summed E-state index contributed by atoms with van der Waals surface area (Å²) in [4.78, 5) is 21.3. The maximum absolute atomic E-state index is 11.0. The topological polar surface area (TPSA) is 63.6 Å². The summed E-state index contributed by atoms with van der Waals surface area (Å²) in [7, 11) is 0. The number of hydrogen-bond donors (Lipinski definition) is 1. The van der Waals surface area contributed by atoms with Crippen molar-refractivity contribution in [3.05, 3.63) is 11.6 Å². The zero-order valence-corrected chi connectivity index (χ0v) is 7.66. The summed E-state index contributed by atoms with van der Waals surface area (Å²) in [6.07, 6.45) is 2.01. The van der Waals surface area contributed by atoms with Crippen LogP contribution in [0.15, 0.2) is 11.6 Å². The van der Waals surface area contributed by atoms with Crippen molar-refractivity contribution in [3.8, 4) is 0 Å². The molecule has 0 aromatic heterocycles. The van der Waals surface area contributed by atoms with E-state index < -0.39 is 11.6 Å². The van der Waals surface area contributed by atoms with Crippen molar-refractivity contribution >= 4 is 11.9 Å². The summed E-state index contributed by atoms with van der Waals surface area (Å²) in [5.41, 5.74) is -0.174. The molecule has 0 amide bonds. The fraction of sp³-hybridized carbons (Fsp3) is 0.556. The maximum Gasteiger partial charge on any atom is 0.334 e. The van der Waals surface area contributed by atoms with E-state index in [1.165, 1.54) is 0 Å². The first-order valence-electron chi connectivity index (χ1n) is 4.07. The molecular weight excluding hydrogens is 172 g/mol. The molecule has 0 fully saturated rings. The normalized spacial score (nSPS) is 26.9. The lowest BCUT2D eigenvalue weighted by molar-refractivity contribution is -0.148. The first-order valence-corrected chi connectivity index (χ1v) is 4.07. The number of hydrogen-bond acceptors (Lipinski definition) is 3. The van der Waals surface area contributed by atoms with Crippen molar-refractivity contribution in [1.82, 2.24) is 0 Å². The quantitative estimate of drug-likeness (QED) is 0.667. The Bertz CT molecular complexity index is 279. The lowest BCUT2D eigenvalue weighted by atomic mass is 9.99. The fourth-order valence-corrected chi connectivity index (χ4v) is 1.32. The van der Waals surface area contributed by atoms with Crippen LogP contribution in [0.25, 0.3) is 0 Å². The molecule has 0 aromatic rings. The highest BCUT2D eigenvalue weighted by Crippen LogP contribution is 2.28. The first-order chi connectivity index (χ1) is 5.93. The molecule has 0 unspecified atom stereocenters. The Kier molecular flexibility index (Phi) is 2.40. The van der Waals surface area contributed by atoms with Crippen molar-refractivity contribution in [2.24, 2.45) is 0 Å². The third-order valence-electron chi connectivity index (χ3n) is 2.00. The highest BCUT2D eigenvalue weighted by atomic mass is 16.6. The molecule has 4 nitrogen and oxygen atoms in total. The minimum Gasteiger partial charge on any atom is -0.481 e. The van der Waals surface area contributed by atoms with Gasteiger partial charge >= 0.3 is 11.9 Å². The number of carbonyl (C=O) groups is 2. The standard InChI is InChI=1S/C9H12O4/c1-6-5-9(2,13-8(6)12)4-3-7(10)11/h5H,3-4H2,1-2H3,(H,10,11)/t9-/m1/s1. The molecule has 0 radical (unpaired) electrons. The average molecular weight is 184 g/mol. The Morgan fingerprint density at radius 1 is 1.69 bits per heavy atom. The van der Waals surface area contributed by atoms with E-state index in [4.69, 9.17) is 9.84 Å². The van der Waals surface area contributed by atoms with E-state index in [1.807, 2.05) is 0 Å². The van der Waals surface area contributed by atoms with E-state index >= 15 is 0 Å². The number of carboxylic acids is 1. The molecule has 13 heavy (non-hydrogen) atoms. The highest BCUT2D eigenvalue weighted by Gasteiger charge is 2.33. The van der Waals surface area contributed by atoms with Gasteiger partial charge in [0.25, 0.3) is 0 Å². The molecule has 0 saturated carbocycles. The third kappa shape index (κ3) is 2.31. The molecule has 0 aromatic carbocycles. The van der Waals surface area contributed by atoms with Crippen molar-refractivity contribution in [3.63, 3.8) is 0 Å². The molecule has 72 valence electrons. The molecule has 1 aliphatic heterocycles. The molecule has 0 saturated heterocycles. The molecular formula is C9H12O4. The van der Waals surface area contributed by atoms with Gasteiger partial charge in [-0.1, -0.05) is 0 Å². The van der Waals surface area contributed by atoms with Crippen molar-refractivity contribution in [2.45, 2.75) is 32.3 Å². The molecule has 1 aliphatic rings. The number of cyclic esters (lactones) is 1. The largest absolute Gasteiger partial charge is 0.481 e. The van der Waals surface area contributed by atoms with Gasteiger partial charge in [-0.15, -0.1) is 0 Å². The Balaban J connectivity index is 2.60. The first kappa shape index (κ1) is 9.77. The second-order valence-electron chi connectivity index (χ2n) is 3.42. The van der Waals surface area contributed by atoms with Crippen LogP contribution >= 0.6 is 0 Å². The van der Waals surface area contributed by atoms with E-state index in [0.717, 1.165) is 0 Å². The lowest BCUT2D eigenvalue weighted by Crippen LogP contribution is -2.24. The number of esters is 1. The van der Waals surface area contributed by atoms with E-state index in [1.54, 1.807) is 19.9 Å². The Morgan fingerprint density at radius 3 is 2.69 bits per heavy atom. The predicted molar refractivity (Wildman–Crippen MR) is 45.1 cm³/mol. The molecule has 0 aliphatic carbocycles. The number of rotatable bonds is 3. The van der Waals surface area contributed by atoms with Crippen molar-refractivity contribution in [2.75, 3.05) is 0 Å². The van der Waals surface area contributed by atoms with Crippen LogP contribution in [0.5, 0.6) is 0 Å². The smallest absolute Gasteiger partial charge is 0.334 e. The van der Waals surface area contributed by atoms with Crippen LogP contribution < -0.4 is 0 Å². The van der Waals surface area contributed by atoms with Gasteiger partial charge in [-0.3, -0.25) is 4.79 Å². The third-order valence-corrected chi connectivity index (χ3v) is 2.00. The molecule has 0 spiro atoms. The van der Waals surface area contributed by atoms with Crippen LogP contribution in [0.4, 0.5) is 0 Å². The zero-order valence-electron chi connectivity index (χ0n) is 7.66. The van der Waals surface area contributed by atoms with Gasteiger partial charge in [-0.25, -0.2) is 4.79 Å². The summed E-state index contributed by atoms with van der Waals surface area (Å²) >= 11 is 0. The van der Waals surface area contributed by atoms with Gasteiger partial charge in [0, 0.05) is 18.4 Å². The second-order valence-corrected chi connectivity index (χ2v) is 3.42. The summed E-state index contributed by atoms with van der Waals surface area (Å²) in [5, 5.41) is 8.46. The van der Waals surface area contributed by atoms with E-state index in [9.17, 15) is 9.59 Å². The molecule has 0 bridgehead atoms. The molecule has 1 rings (SSSR count). The van der Waals surface area contributed by atoms with Crippen molar-refractivity contribution < 1.29 is 19.4 Å². The van der Waals surface area contributed by atoms with Crippen LogP contribution in [-0.2, 0) is 14.3 Å². The van der Waals surface area contributed by atoms with Gasteiger partial charge in [0.1, 0.15) is 5.60 Å². The Labute approximate surface area is 76.2 Å². The van der Waals surface area contributed by atoms with E-state index in [2.05, 4.69) is 0 Å². The van der Waals surface area contributed by atoms with Gasteiger partial charge in [0.05, 0.1) is 0 Å². The molecule has 1 atom stereocenters. The van der Waals surface area contributed by atoms with Crippen LogP contribution in [0, 0.1) is 0 Å². The minimum absolute atomic E-state index is 0.00750. The molecule has 1 N–H and O–H groups in total. The second kappa shape index (κ2) is 3.20. The number of aliphatic carboxylic acids is 1. The summed E-state index contributed by atoms with van der Waals surface area (Å²) in [6.45, 7) is 3.37. The van der Waals surface area contributed by atoms with Crippen LogP contribution in [0.1, 0.15) is 26.7 Å². The van der Waals surface area contributed by atoms with Gasteiger partial charge in [0.2, 0.25) is 0 Å². The van der Waals surface area contributed by atoms with E-state index in [-0.39, 0.29) is 12.4 Å². The SMILES string of the molecule is CC1=C[C@@](C)(CCC(=O)O)OC1=O. The fourth-order valence-electron chi connectivity index (χ4n) is 1.32. The number of ether oxygens (including phenoxy) is 1. The molecule has 4 heteroatoms. The Hall–Kier alpha value is -1.32. The van der Waals surface area contributed by atoms with Gasteiger partial charge in [0.15, 0.2) is 0 Å². The predicted octanol–water partition coefficient (Wildman–Crippen LogP) is 1.11. The van der Waals surface area contributed by atoms with Gasteiger partial charge in [-0.05, 0) is 19.9 Å². The lowest BCUT2D eigenvalue weighted by Gasteiger charge is -2.19. The highest BCUT2D eigenvalue weighted by molar-refractivity contribution is 5.90. The van der Waals surface area contributed by atoms with Gasteiger partial charge < -0.3 is 9.84 Å². The zero-order chi connectivity index (χ0) is 10.1. The summed E-state index contributed by atoms with van der Waals surface area (Å²) in [6, 6.07) is 0. The number of carboxylic acid groups (broad SMARTS) is 1. The van der Waals surface area contributed by atoms with E-state index in [0.29, 0.717) is 12.0 Å². The van der Waals surface area contributed by atoms with Crippen molar-refractivity contribution in [1.29, 1.82) is 0 Å². The Morgan fingerprint density at radius 2 is 2.31 bits per heavy atom. The summed E-state index contributed by atoms with van der Waals surface area (Å²) in [5.74, 6) is -1.23. The average Bonchev–Trinajstić information content (AvgIpc) is 2.24. The maximum atomic E-state index is 11.0. The van der Waals surface area contributed by atoms with Gasteiger partial charge in [-0.2, -0.15) is 0 Å². The summed E-state index contributed by atoms with van der Waals surface area (Å²) < 4.78 is 5.02.